The summed E-state index contributed by atoms with van der Waals surface area (Å²) < 4.78 is 4.63. The number of thiophene rings is 1. The van der Waals surface area contributed by atoms with Crippen LogP contribution in [0, 0.1) is 6.92 Å². The van der Waals surface area contributed by atoms with Gasteiger partial charge in [-0.3, -0.25) is 10.6 Å². The third kappa shape index (κ3) is 3.29. The van der Waals surface area contributed by atoms with E-state index in [-0.39, 0.29) is 0 Å². The Labute approximate surface area is 119 Å². The van der Waals surface area contributed by atoms with Gasteiger partial charge in [-0.25, -0.2) is 19.6 Å². The molecule has 2 aromatic heterocycles. The molecule has 0 spiro atoms. The van der Waals surface area contributed by atoms with Crippen LogP contribution in [0.25, 0.3) is 0 Å². The van der Waals surface area contributed by atoms with E-state index in [1.807, 2.05) is 0 Å². The number of nitrogens with zero attached hydrogens (tertiary/aromatic N) is 2. The number of aromatic nitrogens is 2. The number of nitrogens with one attached hydrogen (secondary N) is 2. The van der Waals surface area contributed by atoms with Crippen LogP contribution in [0.4, 0.5) is 15.6 Å². The van der Waals surface area contributed by atoms with E-state index >= 15 is 0 Å². The first kappa shape index (κ1) is 13.9. The summed E-state index contributed by atoms with van der Waals surface area (Å²) in [4.78, 5) is 31.1. The molecule has 104 valence electrons. The molecule has 0 fully saturated rings. The summed E-state index contributed by atoms with van der Waals surface area (Å²) in [6.45, 7) is 1.79. The largest absolute Gasteiger partial charge is 0.465 e. The molecule has 2 amide bonds. The van der Waals surface area contributed by atoms with Crippen molar-refractivity contribution < 1.29 is 14.3 Å². The van der Waals surface area contributed by atoms with Crippen LogP contribution >= 0.6 is 11.3 Å². The second-order valence-corrected chi connectivity index (χ2v) is 4.69. The lowest BCUT2D eigenvalue weighted by Gasteiger charge is -2.07. The predicted molar refractivity (Wildman–Crippen MR) is 75.1 cm³/mol. The third-order valence-corrected chi connectivity index (χ3v) is 3.17. The molecule has 20 heavy (non-hydrogen) atoms. The van der Waals surface area contributed by atoms with E-state index in [1.54, 1.807) is 24.4 Å². The molecular formula is C12H12N4O3S. The fraction of sp³-hybridized carbons (Fsp3) is 0.167. The Hall–Kier alpha value is -2.48. The van der Waals surface area contributed by atoms with Gasteiger partial charge < -0.3 is 4.74 Å². The molecular weight excluding hydrogens is 280 g/mol. The molecule has 0 atom stereocenters. The van der Waals surface area contributed by atoms with Gasteiger partial charge in [0.25, 0.3) is 0 Å². The molecule has 0 aliphatic rings. The first-order chi connectivity index (χ1) is 9.60. The van der Waals surface area contributed by atoms with Crippen molar-refractivity contribution in [3.8, 4) is 0 Å². The average Bonchev–Trinajstić information content (AvgIpc) is 2.85. The maximum Gasteiger partial charge on any atom is 0.340 e. The summed E-state index contributed by atoms with van der Waals surface area (Å²) in [5.41, 5.74) is 1.05. The van der Waals surface area contributed by atoms with Crippen LogP contribution in [0.3, 0.4) is 0 Å². The number of anilines is 2. The highest BCUT2D eigenvalue weighted by Gasteiger charge is 2.15. The van der Waals surface area contributed by atoms with Crippen LogP contribution in [0.15, 0.2) is 23.8 Å². The number of esters is 1. The van der Waals surface area contributed by atoms with Gasteiger partial charge in [-0.15, -0.1) is 11.3 Å². The van der Waals surface area contributed by atoms with Crippen molar-refractivity contribution in [1.29, 1.82) is 0 Å². The van der Waals surface area contributed by atoms with Gasteiger partial charge in [-0.1, -0.05) is 0 Å². The molecule has 0 saturated carbocycles. The topological polar surface area (TPSA) is 93.2 Å². The Kier molecular flexibility index (Phi) is 4.26. The highest BCUT2D eigenvalue weighted by molar-refractivity contribution is 7.14. The van der Waals surface area contributed by atoms with Gasteiger partial charge in [-0.05, 0) is 18.4 Å². The molecule has 0 unspecified atom stereocenters. The van der Waals surface area contributed by atoms with Crippen molar-refractivity contribution >= 4 is 34.2 Å². The molecule has 0 aromatic carbocycles. The average molecular weight is 292 g/mol. The minimum Gasteiger partial charge on any atom is -0.465 e. The van der Waals surface area contributed by atoms with Crippen LogP contribution in [0.5, 0.6) is 0 Å². The Morgan fingerprint density at radius 2 is 2.10 bits per heavy atom. The second-order valence-electron chi connectivity index (χ2n) is 3.78. The molecule has 0 aliphatic heterocycles. The van der Waals surface area contributed by atoms with Crippen molar-refractivity contribution in [2.24, 2.45) is 0 Å². The van der Waals surface area contributed by atoms with Gasteiger partial charge in [0.2, 0.25) is 0 Å². The van der Waals surface area contributed by atoms with Gasteiger partial charge in [-0.2, -0.15) is 0 Å². The van der Waals surface area contributed by atoms with E-state index in [4.69, 9.17) is 0 Å². The van der Waals surface area contributed by atoms with Crippen molar-refractivity contribution in [3.05, 3.63) is 35.1 Å². The second kappa shape index (κ2) is 6.11. The monoisotopic (exact) mass is 292 g/mol. The number of ether oxygens (including phenoxy) is 1. The zero-order chi connectivity index (χ0) is 14.5. The number of methoxy groups -OCH3 is 1. The summed E-state index contributed by atoms with van der Waals surface area (Å²) >= 11 is 1.23. The summed E-state index contributed by atoms with van der Waals surface area (Å²) in [7, 11) is 1.29. The van der Waals surface area contributed by atoms with Crippen molar-refractivity contribution in [1.82, 2.24) is 9.97 Å². The van der Waals surface area contributed by atoms with E-state index in [1.165, 1.54) is 24.8 Å². The SMILES string of the molecule is COC(=O)c1ccsc1NC(=O)Nc1cc(C)ncn1. The molecule has 2 aromatic rings. The van der Waals surface area contributed by atoms with E-state index in [2.05, 4.69) is 25.3 Å². The van der Waals surface area contributed by atoms with Gasteiger partial charge in [0, 0.05) is 11.8 Å². The smallest absolute Gasteiger partial charge is 0.340 e. The third-order valence-electron chi connectivity index (χ3n) is 2.34. The van der Waals surface area contributed by atoms with Crippen LogP contribution in [0.1, 0.15) is 16.1 Å². The normalized spacial score (nSPS) is 9.90. The number of urea groups is 1. The lowest BCUT2D eigenvalue weighted by molar-refractivity contribution is 0.0602. The quantitative estimate of drug-likeness (QED) is 0.846. The zero-order valence-corrected chi connectivity index (χ0v) is 11.7. The lowest BCUT2D eigenvalue weighted by Crippen LogP contribution is -2.21. The van der Waals surface area contributed by atoms with Crippen LogP contribution in [-0.4, -0.2) is 29.1 Å². The number of amides is 2. The van der Waals surface area contributed by atoms with Gasteiger partial charge >= 0.3 is 12.0 Å². The molecule has 0 bridgehead atoms. The molecule has 2 rings (SSSR count). The number of carbonyl (C=O) groups excluding carboxylic acids is 2. The maximum atomic E-state index is 11.8. The minimum absolute atomic E-state index is 0.312. The predicted octanol–water partition coefficient (Wildman–Crippen LogP) is 2.28. The first-order valence-corrected chi connectivity index (χ1v) is 6.50. The summed E-state index contributed by atoms with van der Waals surface area (Å²) in [6, 6.07) is 2.73. The van der Waals surface area contributed by atoms with Gasteiger partial charge in [0.05, 0.1) is 12.7 Å². The molecule has 0 saturated heterocycles. The highest BCUT2D eigenvalue weighted by Crippen LogP contribution is 2.24. The van der Waals surface area contributed by atoms with E-state index in [0.29, 0.717) is 16.4 Å². The van der Waals surface area contributed by atoms with Crippen LogP contribution in [-0.2, 0) is 4.74 Å². The number of carbonyl (C=O) groups is 2. The molecule has 2 heterocycles. The summed E-state index contributed by atoms with van der Waals surface area (Å²) in [5.74, 6) is -0.120. The Bertz CT molecular complexity index is 641. The Morgan fingerprint density at radius 3 is 2.80 bits per heavy atom. The minimum atomic E-state index is -0.501. The highest BCUT2D eigenvalue weighted by atomic mass is 32.1. The lowest BCUT2D eigenvalue weighted by atomic mass is 10.3. The Morgan fingerprint density at radius 1 is 1.30 bits per heavy atom. The summed E-state index contributed by atoms with van der Waals surface area (Å²) in [6.07, 6.45) is 1.36. The van der Waals surface area contributed by atoms with Crippen LogP contribution in [0.2, 0.25) is 0 Å². The fourth-order valence-corrected chi connectivity index (χ4v) is 2.22. The maximum absolute atomic E-state index is 11.8. The van der Waals surface area contributed by atoms with Crippen molar-refractivity contribution in [3.63, 3.8) is 0 Å². The molecule has 2 N–H and O–H groups in total. The molecule has 0 aliphatic carbocycles. The van der Waals surface area contributed by atoms with E-state index in [9.17, 15) is 9.59 Å². The number of rotatable bonds is 3. The summed E-state index contributed by atoms with van der Waals surface area (Å²) in [5, 5.41) is 7.25. The van der Waals surface area contributed by atoms with E-state index in [0.717, 1.165) is 5.69 Å². The van der Waals surface area contributed by atoms with Crippen molar-refractivity contribution in [2.45, 2.75) is 6.92 Å². The van der Waals surface area contributed by atoms with Gasteiger partial charge in [0.1, 0.15) is 17.1 Å². The number of hydrogen-bond acceptors (Lipinski definition) is 6. The fourth-order valence-electron chi connectivity index (χ4n) is 1.45. The van der Waals surface area contributed by atoms with E-state index < -0.39 is 12.0 Å². The zero-order valence-electron chi connectivity index (χ0n) is 10.8. The number of aryl methyl sites for hydroxylation is 1. The van der Waals surface area contributed by atoms with Crippen LogP contribution < -0.4 is 10.6 Å². The van der Waals surface area contributed by atoms with Gasteiger partial charge in [0.15, 0.2) is 0 Å². The standard InChI is InChI=1S/C12H12N4O3S/c1-7-5-9(14-6-13-7)15-12(18)16-10-8(3-4-20-10)11(17)19-2/h3-6H,1-2H3,(H2,13,14,15,16,18). The molecule has 7 nitrogen and oxygen atoms in total. The molecule has 0 radical (unpaired) electrons. The molecule has 8 heteroatoms. The number of hydrogen-bond donors (Lipinski definition) is 2. The van der Waals surface area contributed by atoms with Crippen molar-refractivity contribution in [2.75, 3.05) is 17.7 Å². The Balaban J connectivity index is 2.05. The first-order valence-electron chi connectivity index (χ1n) is 5.62.